The van der Waals surface area contributed by atoms with Crippen LogP contribution in [0.25, 0.3) is 0 Å². The molecule has 29 heavy (non-hydrogen) atoms. The van der Waals surface area contributed by atoms with Crippen LogP contribution in [0.4, 0.5) is 0 Å². The second-order valence-corrected chi connectivity index (χ2v) is 10.9. The Morgan fingerprint density at radius 2 is 1.55 bits per heavy atom. The number of carbonyl (C=O) groups is 4. The zero-order chi connectivity index (χ0) is 22.4. The molecule has 3 N–H and O–H groups in total. The standard InChI is InChI=1S/C19H34N3O6P/c1-12(2)8-14(18(25)21-15(9-13(3)4)19(26)20-5)10-29(27,28)11-22-16(23)6-7-17(22)24/h12-15H,6-11H2,1-5H3,(H,20,26)(H,21,25)(H,27,28)/t14?,15-/m0/s1. The summed E-state index contributed by atoms with van der Waals surface area (Å²) < 4.78 is 12.8. The van der Waals surface area contributed by atoms with Gasteiger partial charge in [-0.05, 0) is 24.7 Å². The van der Waals surface area contributed by atoms with Crippen molar-refractivity contribution >= 4 is 31.0 Å². The molecule has 3 atom stereocenters. The number of amides is 4. The van der Waals surface area contributed by atoms with Crippen LogP contribution in [-0.4, -0.2) is 59.0 Å². The van der Waals surface area contributed by atoms with Crippen LogP contribution < -0.4 is 10.6 Å². The number of carbonyl (C=O) groups excluding carboxylic acids is 4. The van der Waals surface area contributed by atoms with Crippen molar-refractivity contribution in [1.82, 2.24) is 15.5 Å². The van der Waals surface area contributed by atoms with Gasteiger partial charge in [-0.3, -0.25) is 28.6 Å². The van der Waals surface area contributed by atoms with E-state index in [2.05, 4.69) is 10.6 Å². The van der Waals surface area contributed by atoms with E-state index in [9.17, 15) is 28.6 Å². The van der Waals surface area contributed by atoms with Crippen LogP contribution in [0.2, 0.25) is 0 Å². The maximum Gasteiger partial charge on any atom is 0.242 e. The molecule has 1 saturated heterocycles. The Bertz CT molecular complexity index is 663. The van der Waals surface area contributed by atoms with Crippen LogP contribution in [0.3, 0.4) is 0 Å². The van der Waals surface area contributed by atoms with Gasteiger partial charge >= 0.3 is 0 Å². The van der Waals surface area contributed by atoms with E-state index in [-0.39, 0.29) is 36.7 Å². The summed E-state index contributed by atoms with van der Waals surface area (Å²) in [6, 6.07) is -0.734. The predicted octanol–water partition coefficient (Wildman–Crippen LogP) is 1.30. The molecule has 0 aromatic carbocycles. The first-order valence-electron chi connectivity index (χ1n) is 10.0. The Hall–Kier alpha value is -1.73. The fourth-order valence-corrected chi connectivity index (χ4v) is 5.28. The molecule has 166 valence electrons. The lowest BCUT2D eigenvalue weighted by molar-refractivity contribution is -0.137. The molecule has 9 nitrogen and oxygen atoms in total. The summed E-state index contributed by atoms with van der Waals surface area (Å²) in [5.41, 5.74) is 0. The highest BCUT2D eigenvalue weighted by atomic mass is 31.2. The summed E-state index contributed by atoms with van der Waals surface area (Å²) in [7, 11) is -2.48. The zero-order valence-corrected chi connectivity index (χ0v) is 18.8. The summed E-state index contributed by atoms with van der Waals surface area (Å²) in [5.74, 6) is -2.30. The molecule has 0 bridgehead atoms. The van der Waals surface area contributed by atoms with Gasteiger partial charge in [-0.25, -0.2) is 0 Å². The van der Waals surface area contributed by atoms with Gasteiger partial charge in [-0.15, -0.1) is 0 Å². The monoisotopic (exact) mass is 431 g/mol. The SMILES string of the molecule is CNC(=O)[C@H](CC(C)C)NC(=O)C(CC(C)C)CP(=O)(O)CN1C(=O)CCC1=O. The first-order chi connectivity index (χ1) is 13.4. The maximum atomic E-state index is 12.9. The van der Waals surface area contributed by atoms with Crippen LogP contribution in [0.1, 0.15) is 53.4 Å². The van der Waals surface area contributed by atoms with Crippen LogP contribution >= 0.6 is 7.37 Å². The molecular weight excluding hydrogens is 397 g/mol. The van der Waals surface area contributed by atoms with Gasteiger partial charge in [0.1, 0.15) is 12.3 Å². The van der Waals surface area contributed by atoms with Crippen LogP contribution in [-0.2, 0) is 23.7 Å². The average molecular weight is 431 g/mol. The molecule has 2 unspecified atom stereocenters. The molecular formula is C19H34N3O6P. The molecule has 0 spiro atoms. The molecule has 1 fully saturated rings. The third kappa shape index (κ3) is 8.26. The molecule has 0 aromatic rings. The van der Waals surface area contributed by atoms with Crippen molar-refractivity contribution < 1.29 is 28.6 Å². The van der Waals surface area contributed by atoms with Gasteiger partial charge in [0.05, 0.1) is 0 Å². The van der Waals surface area contributed by atoms with Gasteiger partial charge < -0.3 is 15.5 Å². The molecule has 1 rings (SSSR count). The predicted molar refractivity (Wildman–Crippen MR) is 109 cm³/mol. The quantitative estimate of drug-likeness (QED) is 0.334. The van der Waals surface area contributed by atoms with Crippen molar-refractivity contribution in [3.63, 3.8) is 0 Å². The van der Waals surface area contributed by atoms with Crippen molar-refractivity contribution in [2.45, 2.75) is 59.4 Å². The van der Waals surface area contributed by atoms with Gasteiger partial charge in [0, 0.05) is 32.0 Å². The Balaban J connectivity index is 2.92. The lowest BCUT2D eigenvalue weighted by Crippen LogP contribution is -2.49. The van der Waals surface area contributed by atoms with E-state index in [0.29, 0.717) is 12.8 Å². The Labute approximate surface area is 172 Å². The van der Waals surface area contributed by atoms with Crippen LogP contribution in [0, 0.1) is 17.8 Å². The van der Waals surface area contributed by atoms with E-state index in [1.54, 1.807) is 0 Å². The summed E-state index contributed by atoms with van der Waals surface area (Å²) in [5, 5.41) is 5.23. The highest BCUT2D eigenvalue weighted by Gasteiger charge is 2.38. The normalized spacial score (nSPS) is 18.7. The van der Waals surface area contributed by atoms with E-state index in [4.69, 9.17) is 0 Å². The molecule has 10 heteroatoms. The highest BCUT2D eigenvalue weighted by Crippen LogP contribution is 2.45. The average Bonchev–Trinajstić information content (AvgIpc) is 2.90. The van der Waals surface area contributed by atoms with E-state index in [0.717, 1.165) is 4.90 Å². The molecule has 1 aliphatic heterocycles. The van der Waals surface area contributed by atoms with Crippen molar-refractivity contribution in [2.75, 3.05) is 19.5 Å². The molecule has 1 aliphatic rings. The number of rotatable bonds is 11. The van der Waals surface area contributed by atoms with E-state index < -0.39 is 43.3 Å². The van der Waals surface area contributed by atoms with Gasteiger partial charge in [-0.2, -0.15) is 0 Å². The van der Waals surface area contributed by atoms with Crippen LogP contribution in [0.5, 0.6) is 0 Å². The number of likely N-dealkylation sites (N-methyl/N-ethyl adjacent to an activating group) is 1. The summed E-state index contributed by atoms with van der Waals surface area (Å²) in [4.78, 5) is 59.7. The number of nitrogens with zero attached hydrogens (tertiary/aromatic N) is 1. The van der Waals surface area contributed by atoms with Gasteiger partial charge in [0.2, 0.25) is 31.0 Å². The fourth-order valence-electron chi connectivity index (χ4n) is 3.40. The lowest BCUT2D eigenvalue weighted by atomic mass is 9.96. The molecule has 0 aromatic heterocycles. The second kappa shape index (κ2) is 10.9. The first kappa shape index (κ1) is 25.3. The molecule has 0 radical (unpaired) electrons. The first-order valence-corrected chi connectivity index (χ1v) is 12.0. The van der Waals surface area contributed by atoms with Crippen molar-refractivity contribution in [2.24, 2.45) is 17.8 Å². The van der Waals surface area contributed by atoms with Gasteiger partial charge in [0.25, 0.3) is 0 Å². The maximum absolute atomic E-state index is 12.9. The highest BCUT2D eigenvalue weighted by molar-refractivity contribution is 7.58. The Morgan fingerprint density at radius 1 is 1.03 bits per heavy atom. The lowest BCUT2D eigenvalue weighted by Gasteiger charge is -2.26. The number of nitrogens with one attached hydrogen (secondary N) is 2. The Morgan fingerprint density at radius 3 is 2.00 bits per heavy atom. The number of likely N-dealkylation sites (tertiary alicyclic amines) is 1. The topological polar surface area (TPSA) is 133 Å². The minimum Gasteiger partial charge on any atom is -0.357 e. The summed E-state index contributed by atoms with van der Waals surface area (Å²) in [6.45, 7) is 7.64. The zero-order valence-electron chi connectivity index (χ0n) is 17.9. The largest absolute Gasteiger partial charge is 0.357 e. The van der Waals surface area contributed by atoms with E-state index in [1.165, 1.54) is 7.05 Å². The van der Waals surface area contributed by atoms with Crippen molar-refractivity contribution in [1.29, 1.82) is 0 Å². The number of imide groups is 1. The minimum atomic E-state index is -3.96. The molecule has 1 heterocycles. The number of hydrogen-bond donors (Lipinski definition) is 3. The smallest absolute Gasteiger partial charge is 0.242 e. The molecule has 0 saturated carbocycles. The molecule has 4 amide bonds. The van der Waals surface area contributed by atoms with Gasteiger partial charge in [-0.1, -0.05) is 27.7 Å². The fraction of sp³-hybridized carbons (Fsp3) is 0.789. The Kier molecular flexibility index (Phi) is 9.49. The van der Waals surface area contributed by atoms with Gasteiger partial charge in [0.15, 0.2) is 0 Å². The van der Waals surface area contributed by atoms with Crippen molar-refractivity contribution in [3.8, 4) is 0 Å². The van der Waals surface area contributed by atoms with E-state index in [1.807, 2.05) is 27.7 Å². The summed E-state index contributed by atoms with van der Waals surface area (Å²) >= 11 is 0. The minimum absolute atomic E-state index is 0.0394. The van der Waals surface area contributed by atoms with Crippen molar-refractivity contribution in [3.05, 3.63) is 0 Å². The second-order valence-electron chi connectivity index (χ2n) is 8.52. The third-order valence-corrected chi connectivity index (χ3v) is 6.47. The summed E-state index contributed by atoms with van der Waals surface area (Å²) in [6.07, 6.45) is -0.0586. The van der Waals surface area contributed by atoms with E-state index >= 15 is 0 Å². The third-order valence-electron chi connectivity index (χ3n) is 4.74. The molecule has 0 aliphatic carbocycles. The number of hydrogen-bond acceptors (Lipinski definition) is 5. The van der Waals surface area contributed by atoms with Crippen LogP contribution in [0.15, 0.2) is 0 Å².